The fourth-order valence-electron chi connectivity index (χ4n) is 3.36. The van der Waals surface area contributed by atoms with Crippen LogP contribution in [0.4, 0.5) is 0 Å². The molecule has 0 fully saturated rings. The van der Waals surface area contributed by atoms with Gasteiger partial charge in [-0.05, 0) is 24.1 Å². The third-order valence-electron chi connectivity index (χ3n) is 5.02. The lowest BCUT2D eigenvalue weighted by Gasteiger charge is -2.33. The summed E-state index contributed by atoms with van der Waals surface area (Å²) in [4.78, 5) is 18.3. The van der Waals surface area contributed by atoms with E-state index in [1.165, 1.54) is 10.5 Å². The van der Waals surface area contributed by atoms with Crippen LogP contribution in [0.3, 0.4) is 0 Å². The van der Waals surface area contributed by atoms with Crippen molar-refractivity contribution in [2.75, 3.05) is 7.05 Å². The zero-order valence-corrected chi connectivity index (χ0v) is 14.9. The number of hydrogen-bond donors (Lipinski definition) is 1. The van der Waals surface area contributed by atoms with Crippen molar-refractivity contribution in [3.63, 3.8) is 0 Å². The van der Waals surface area contributed by atoms with Crippen molar-refractivity contribution in [3.8, 4) is 0 Å². The van der Waals surface area contributed by atoms with Gasteiger partial charge in [-0.25, -0.2) is 4.99 Å². The number of guanidine groups is 1. The first-order chi connectivity index (χ1) is 12.5. The Morgan fingerprint density at radius 1 is 1.19 bits per heavy atom. The lowest BCUT2D eigenvalue weighted by molar-refractivity contribution is -0.128. The minimum absolute atomic E-state index is 0.0297. The first-order valence-electron chi connectivity index (χ1n) is 8.58. The van der Waals surface area contributed by atoms with Crippen molar-refractivity contribution < 1.29 is 4.79 Å². The monoisotopic (exact) mass is 347 g/mol. The van der Waals surface area contributed by atoms with E-state index >= 15 is 0 Å². The highest BCUT2D eigenvalue weighted by molar-refractivity contribution is 5.99. The number of nitrogens with two attached hydrogens (primary N) is 1. The van der Waals surface area contributed by atoms with Gasteiger partial charge in [-0.3, -0.25) is 14.4 Å². The molecule has 0 aliphatic carbocycles. The fourth-order valence-corrected chi connectivity index (χ4v) is 3.36. The molecule has 1 atom stereocenters. The molecule has 0 radical (unpaired) electrons. The van der Waals surface area contributed by atoms with Crippen LogP contribution < -0.4 is 5.73 Å². The maximum atomic E-state index is 12.3. The van der Waals surface area contributed by atoms with Gasteiger partial charge in [0.1, 0.15) is 0 Å². The molecule has 6 nitrogen and oxygen atoms in total. The first kappa shape index (κ1) is 16.3. The summed E-state index contributed by atoms with van der Waals surface area (Å²) in [5.41, 5.74) is 8.45. The van der Waals surface area contributed by atoms with E-state index in [0.29, 0.717) is 13.0 Å². The van der Waals surface area contributed by atoms with E-state index in [2.05, 4.69) is 28.3 Å². The van der Waals surface area contributed by atoms with Gasteiger partial charge in [-0.2, -0.15) is 5.10 Å². The Hall–Kier alpha value is -3.15. The number of carbonyl (C=O) groups excluding carboxylic acids is 1. The van der Waals surface area contributed by atoms with Crippen LogP contribution in [0.5, 0.6) is 0 Å². The molecule has 132 valence electrons. The summed E-state index contributed by atoms with van der Waals surface area (Å²) in [5.74, 6) is 0.222. The number of benzene rings is 2. The average Bonchev–Trinajstić information content (AvgIpc) is 3.03. The van der Waals surface area contributed by atoms with E-state index < -0.39 is 5.54 Å². The van der Waals surface area contributed by atoms with Crippen LogP contribution in [0.2, 0.25) is 0 Å². The molecule has 0 saturated heterocycles. The van der Waals surface area contributed by atoms with E-state index in [4.69, 9.17) is 5.73 Å². The van der Waals surface area contributed by atoms with Crippen molar-refractivity contribution in [3.05, 3.63) is 65.9 Å². The third kappa shape index (κ3) is 2.73. The molecule has 2 heterocycles. The summed E-state index contributed by atoms with van der Waals surface area (Å²) in [7, 11) is 1.65. The number of carbonyl (C=O) groups is 1. The van der Waals surface area contributed by atoms with Gasteiger partial charge in [0.15, 0.2) is 5.96 Å². The maximum absolute atomic E-state index is 12.3. The summed E-state index contributed by atoms with van der Waals surface area (Å²) in [5, 5.41) is 5.58. The molecule has 1 aliphatic heterocycles. The number of amides is 1. The number of hydrogen-bond acceptors (Lipinski definition) is 4. The second kappa shape index (κ2) is 5.98. The van der Waals surface area contributed by atoms with Gasteiger partial charge in [-0.15, -0.1) is 0 Å². The predicted molar refractivity (Wildman–Crippen MR) is 102 cm³/mol. The normalized spacial score (nSPS) is 20.5. The van der Waals surface area contributed by atoms with Crippen LogP contribution in [0.15, 0.2) is 59.7 Å². The quantitative estimate of drug-likeness (QED) is 0.791. The van der Waals surface area contributed by atoms with Crippen molar-refractivity contribution in [1.82, 2.24) is 14.7 Å². The van der Waals surface area contributed by atoms with Crippen LogP contribution in [0, 0.1) is 0 Å². The maximum Gasteiger partial charge on any atom is 0.231 e. The molecule has 3 aromatic rings. The topological polar surface area (TPSA) is 76.5 Å². The lowest BCUT2D eigenvalue weighted by Crippen LogP contribution is -2.47. The molecule has 1 aliphatic rings. The zero-order chi connectivity index (χ0) is 18.3. The van der Waals surface area contributed by atoms with Gasteiger partial charge in [0.25, 0.3) is 0 Å². The standard InChI is InChI=1S/C20H21N5O/c1-20(11-18(26)24(2)19(21)23-20)16-9-8-15-12-22-25(17(15)10-16)13-14-6-4-3-5-7-14/h3-10,12H,11,13H2,1-2H3,(H2,21,23)/t20-/m0/s1. The minimum atomic E-state index is -0.663. The van der Waals surface area contributed by atoms with E-state index in [-0.39, 0.29) is 11.9 Å². The Bertz CT molecular complexity index is 1010. The largest absolute Gasteiger partial charge is 0.369 e. The molecule has 0 bridgehead atoms. The number of aliphatic imine (C=N–C) groups is 1. The molecule has 4 rings (SSSR count). The highest BCUT2D eigenvalue weighted by Crippen LogP contribution is 2.34. The van der Waals surface area contributed by atoms with Crippen molar-refractivity contribution in [2.24, 2.45) is 10.7 Å². The smallest absolute Gasteiger partial charge is 0.231 e. The second-order valence-electron chi connectivity index (χ2n) is 6.93. The number of nitrogens with zero attached hydrogens (tertiary/aromatic N) is 4. The molecule has 1 amide bonds. The Morgan fingerprint density at radius 2 is 1.96 bits per heavy atom. The fraction of sp³-hybridized carbons (Fsp3) is 0.250. The summed E-state index contributed by atoms with van der Waals surface area (Å²) in [6, 6.07) is 16.3. The van der Waals surface area contributed by atoms with Crippen molar-refractivity contribution in [2.45, 2.75) is 25.4 Å². The molecule has 0 spiro atoms. The molecule has 0 saturated carbocycles. The SMILES string of the molecule is CN1C(=O)C[C@@](C)(c2ccc3cnn(Cc4ccccc4)c3c2)N=C1N. The van der Waals surface area contributed by atoms with Gasteiger partial charge in [0, 0.05) is 12.4 Å². The molecule has 6 heteroatoms. The zero-order valence-electron chi connectivity index (χ0n) is 14.9. The highest BCUT2D eigenvalue weighted by atomic mass is 16.2. The van der Waals surface area contributed by atoms with Crippen LogP contribution in [0.1, 0.15) is 24.5 Å². The van der Waals surface area contributed by atoms with Crippen LogP contribution in [-0.4, -0.2) is 33.6 Å². The molecule has 2 aromatic carbocycles. The van der Waals surface area contributed by atoms with Crippen molar-refractivity contribution >= 4 is 22.8 Å². The molecule has 0 unspecified atom stereocenters. The second-order valence-corrected chi connectivity index (χ2v) is 6.93. The van der Waals surface area contributed by atoms with Crippen molar-refractivity contribution in [1.29, 1.82) is 0 Å². The van der Waals surface area contributed by atoms with Crippen LogP contribution in [0.25, 0.3) is 10.9 Å². The Balaban J connectivity index is 1.76. The third-order valence-corrected chi connectivity index (χ3v) is 5.02. The molecule has 26 heavy (non-hydrogen) atoms. The van der Waals surface area contributed by atoms with E-state index in [1.54, 1.807) is 7.05 Å². The Morgan fingerprint density at radius 3 is 2.69 bits per heavy atom. The Labute approximate surface area is 151 Å². The van der Waals surface area contributed by atoms with Gasteiger partial charge < -0.3 is 5.73 Å². The average molecular weight is 347 g/mol. The number of fused-ring (bicyclic) bond motifs is 1. The predicted octanol–water partition coefficient (Wildman–Crippen LogP) is 2.48. The van der Waals surface area contributed by atoms with Gasteiger partial charge >= 0.3 is 0 Å². The van der Waals surface area contributed by atoms with Gasteiger partial charge in [0.2, 0.25) is 5.91 Å². The molecular weight excluding hydrogens is 326 g/mol. The summed E-state index contributed by atoms with van der Waals surface area (Å²) < 4.78 is 1.97. The van der Waals surface area contributed by atoms with Gasteiger partial charge in [-0.1, -0.05) is 42.5 Å². The summed E-state index contributed by atoms with van der Waals surface area (Å²) in [6.45, 7) is 2.64. The highest BCUT2D eigenvalue weighted by Gasteiger charge is 2.36. The number of aromatic nitrogens is 2. The molecular formula is C20H21N5O. The summed E-state index contributed by atoms with van der Waals surface area (Å²) >= 11 is 0. The minimum Gasteiger partial charge on any atom is -0.369 e. The van der Waals surface area contributed by atoms with E-state index in [9.17, 15) is 4.79 Å². The van der Waals surface area contributed by atoms with Crippen LogP contribution >= 0.6 is 0 Å². The van der Waals surface area contributed by atoms with E-state index in [0.717, 1.165) is 16.5 Å². The van der Waals surface area contributed by atoms with E-state index in [1.807, 2.05) is 48.1 Å². The first-order valence-corrected chi connectivity index (χ1v) is 8.58. The Kier molecular flexibility index (Phi) is 3.76. The van der Waals surface area contributed by atoms with Crippen LogP contribution in [-0.2, 0) is 16.9 Å². The van der Waals surface area contributed by atoms with Gasteiger partial charge in [0.05, 0.1) is 30.2 Å². The number of rotatable bonds is 3. The molecule has 1 aromatic heterocycles. The summed E-state index contributed by atoms with van der Waals surface area (Å²) in [6.07, 6.45) is 2.16. The lowest BCUT2D eigenvalue weighted by atomic mass is 9.87. The molecule has 2 N–H and O–H groups in total.